The molecule has 176 valence electrons. The minimum Gasteiger partial charge on any atom is -0.492 e. The third-order valence-electron chi connectivity index (χ3n) is 6.16. The van der Waals surface area contributed by atoms with Crippen molar-refractivity contribution < 1.29 is 28.2 Å². The van der Waals surface area contributed by atoms with Crippen LogP contribution in [0, 0.1) is 11.7 Å². The van der Waals surface area contributed by atoms with Crippen molar-refractivity contribution in [1.29, 1.82) is 0 Å². The van der Waals surface area contributed by atoms with E-state index in [9.17, 15) is 18.8 Å². The first-order chi connectivity index (χ1) is 16.0. The lowest BCUT2D eigenvalue weighted by atomic mass is 10.1. The van der Waals surface area contributed by atoms with Crippen molar-refractivity contribution in [2.24, 2.45) is 5.92 Å². The van der Waals surface area contributed by atoms with Gasteiger partial charge in [-0.15, -0.1) is 0 Å². The summed E-state index contributed by atoms with van der Waals surface area (Å²) >= 11 is 0. The molecule has 1 aromatic carbocycles. The minimum atomic E-state index is -0.622. The first-order valence-corrected chi connectivity index (χ1v) is 11.1. The predicted molar refractivity (Wildman–Crippen MR) is 117 cm³/mol. The van der Waals surface area contributed by atoms with Crippen LogP contribution < -0.4 is 10.3 Å². The van der Waals surface area contributed by atoms with Crippen LogP contribution in [-0.4, -0.2) is 61.4 Å². The van der Waals surface area contributed by atoms with Crippen molar-refractivity contribution >= 4 is 11.9 Å². The number of nitrogens with zero attached hydrogens (tertiary/aromatic N) is 2. The number of hydrogen-bond donors (Lipinski definition) is 0. The fourth-order valence-corrected chi connectivity index (χ4v) is 4.37. The predicted octanol–water partition coefficient (Wildman–Crippen LogP) is 1.82. The lowest BCUT2D eigenvalue weighted by Crippen LogP contribution is -2.38. The zero-order chi connectivity index (χ0) is 23.4. The number of halogens is 1. The van der Waals surface area contributed by atoms with E-state index in [4.69, 9.17) is 14.2 Å². The van der Waals surface area contributed by atoms with Gasteiger partial charge in [0.05, 0.1) is 26.2 Å². The summed E-state index contributed by atoms with van der Waals surface area (Å²) in [6.07, 6.45) is 1.27. The lowest BCUT2D eigenvalue weighted by molar-refractivity contribution is -0.135. The molecule has 1 amide bonds. The zero-order valence-electron chi connectivity index (χ0n) is 18.5. The van der Waals surface area contributed by atoms with Gasteiger partial charge in [-0.1, -0.05) is 18.2 Å². The normalized spacial score (nSPS) is 17.9. The second-order valence-electron chi connectivity index (χ2n) is 8.14. The topological polar surface area (TPSA) is 87.1 Å². The van der Waals surface area contributed by atoms with Crippen LogP contribution in [0.15, 0.2) is 35.1 Å². The third kappa shape index (κ3) is 4.93. The molecular formula is C24H27FN2O6. The van der Waals surface area contributed by atoms with Gasteiger partial charge in [0.1, 0.15) is 17.1 Å². The van der Waals surface area contributed by atoms with Crippen molar-refractivity contribution in [2.45, 2.75) is 25.8 Å². The molecule has 3 heterocycles. The minimum absolute atomic E-state index is 0.00864. The molecule has 0 spiro atoms. The number of carbonyl (C=O) groups is 2. The molecular weight excluding hydrogens is 431 g/mol. The highest BCUT2D eigenvalue weighted by molar-refractivity contribution is 5.93. The number of aromatic nitrogens is 1. The Morgan fingerprint density at radius 3 is 2.76 bits per heavy atom. The number of benzene rings is 1. The zero-order valence-corrected chi connectivity index (χ0v) is 18.5. The van der Waals surface area contributed by atoms with E-state index in [0.29, 0.717) is 50.4 Å². The second-order valence-corrected chi connectivity index (χ2v) is 8.14. The van der Waals surface area contributed by atoms with Gasteiger partial charge in [0.2, 0.25) is 5.91 Å². The van der Waals surface area contributed by atoms with Gasteiger partial charge >= 0.3 is 5.97 Å². The molecule has 0 radical (unpaired) electrons. The Kier molecular flexibility index (Phi) is 7.08. The van der Waals surface area contributed by atoms with Crippen molar-refractivity contribution in [2.75, 3.05) is 40.0 Å². The Morgan fingerprint density at radius 2 is 2.03 bits per heavy atom. The highest BCUT2D eigenvalue weighted by Crippen LogP contribution is 2.25. The van der Waals surface area contributed by atoms with E-state index in [1.54, 1.807) is 23.1 Å². The van der Waals surface area contributed by atoms with Gasteiger partial charge in [-0.2, -0.15) is 0 Å². The number of hydrogen-bond acceptors (Lipinski definition) is 6. The monoisotopic (exact) mass is 458 g/mol. The summed E-state index contributed by atoms with van der Waals surface area (Å²) in [5.74, 6) is -1.01. The van der Waals surface area contributed by atoms with Gasteiger partial charge in [0.25, 0.3) is 5.56 Å². The van der Waals surface area contributed by atoms with Crippen LogP contribution in [0.1, 0.15) is 28.0 Å². The van der Waals surface area contributed by atoms with Crippen molar-refractivity contribution in [3.05, 3.63) is 63.3 Å². The van der Waals surface area contributed by atoms with Crippen LogP contribution in [0.5, 0.6) is 5.75 Å². The highest BCUT2D eigenvalue weighted by Gasteiger charge is 2.31. The molecule has 33 heavy (non-hydrogen) atoms. The molecule has 1 aromatic heterocycles. The van der Waals surface area contributed by atoms with Crippen molar-refractivity contribution in [3.63, 3.8) is 0 Å². The molecule has 0 saturated carbocycles. The number of amides is 1. The van der Waals surface area contributed by atoms with Crippen LogP contribution in [0.25, 0.3) is 0 Å². The average molecular weight is 458 g/mol. The van der Waals surface area contributed by atoms with E-state index in [0.717, 1.165) is 0 Å². The number of fused-ring (bicyclic) bond motifs is 1. The Hall–Kier alpha value is -3.20. The van der Waals surface area contributed by atoms with Crippen molar-refractivity contribution in [3.8, 4) is 5.75 Å². The Morgan fingerprint density at radius 1 is 1.21 bits per heavy atom. The summed E-state index contributed by atoms with van der Waals surface area (Å²) in [5, 5.41) is 0. The molecule has 0 N–H and O–H groups in total. The number of carbonyl (C=O) groups excluding carboxylic acids is 2. The number of pyridine rings is 1. The van der Waals surface area contributed by atoms with Gasteiger partial charge in [0, 0.05) is 50.8 Å². The fraction of sp³-hybridized carbons (Fsp3) is 0.458. The summed E-state index contributed by atoms with van der Waals surface area (Å²) < 4.78 is 31.5. The van der Waals surface area contributed by atoms with Crippen LogP contribution in [0.4, 0.5) is 4.39 Å². The van der Waals surface area contributed by atoms with E-state index in [1.165, 1.54) is 23.8 Å². The molecule has 2 aliphatic heterocycles. The van der Waals surface area contributed by atoms with E-state index >= 15 is 0 Å². The second kappa shape index (κ2) is 10.2. The van der Waals surface area contributed by atoms with Gasteiger partial charge < -0.3 is 23.7 Å². The summed E-state index contributed by atoms with van der Waals surface area (Å²) in [7, 11) is 1.26. The maximum Gasteiger partial charge on any atom is 0.343 e. The van der Waals surface area contributed by atoms with Crippen molar-refractivity contribution in [1.82, 2.24) is 9.47 Å². The summed E-state index contributed by atoms with van der Waals surface area (Å²) in [5.41, 5.74) is 0.808. The maximum absolute atomic E-state index is 13.9. The van der Waals surface area contributed by atoms with Gasteiger partial charge in [-0.3, -0.25) is 9.59 Å². The smallest absolute Gasteiger partial charge is 0.343 e. The molecule has 0 aliphatic carbocycles. The van der Waals surface area contributed by atoms with Crippen LogP contribution in [0.2, 0.25) is 0 Å². The Bertz CT molecular complexity index is 1090. The fourth-order valence-electron chi connectivity index (χ4n) is 4.37. The van der Waals surface area contributed by atoms with E-state index in [1.807, 2.05) is 0 Å². The molecule has 1 saturated heterocycles. The first-order valence-electron chi connectivity index (χ1n) is 11.1. The highest BCUT2D eigenvalue weighted by atomic mass is 19.1. The molecule has 1 fully saturated rings. The molecule has 0 bridgehead atoms. The molecule has 4 rings (SSSR count). The molecule has 0 unspecified atom stereocenters. The summed E-state index contributed by atoms with van der Waals surface area (Å²) in [6.45, 7) is 2.08. The number of methoxy groups -OCH3 is 1. The standard InChI is InChI=1S/C24H27FN2O6/c1-31-24(30)22-19-6-9-26(23(29)17-7-12-32-15-17)10-11-27(19)21(28)14-20(22)33-13-8-16-4-2-3-5-18(16)25/h2-5,14,17H,6-13,15H2,1H3/t17-/m1/s1. The van der Waals surface area contributed by atoms with E-state index in [2.05, 4.69) is 0 Å². The lowest BCUT2D eigenvalue weighted by Gasteiger charge is -2.22. The van der Waals surface area contributed by atoms with E-state index < -0.39 is 5.97 Å². The number of rotatable bonds is 6. The summed E-state index contributed by atoms with van der Waals surface area (Å²) in [6, 6.07) is 7.63. The average Bonchev–Trinajstić information content (AvgIpc) is 3.26. The number of esters is 1. The first kappa shape index (κ1) is 23.0. The summed E-state index contributed by atoms with van der Waals surface area (Å²) in [4.78, 5) is 40.1. The van der Waals surface area contributed by atoms with E-state index in [-0.39, 0.29) is 54.1 Å². The number of ether oxygens (including phenoxy) is 3. The quantitative estimate of drug-likeness (QED) is 0.614. The molecule has 2 aromatic rings. The van der Waals surface area contributed by atoms with Gasteiger partial charge in [-0.25, -0.2) is 9.18 Å². The molecule has 9 heteroatoms. The van der Waals surface area contributed by atoms with Crippen LogP contribution >= 0.6 is 0 Å². The molecule has 8 nitrogen and oxygen atoms in total. The van der Waals surface area contributed by atoms with Gasteiger partial charge in [-0.05, 0) is 18.1 Å². The largest absolute Gasteiger partial charge is 0.492 e. The van der Waals surface area contributed by atoms with Gasteiger partial charge in [0.15, 0.2) is 0 Å². The van der Waals surface area contributed by atoms with Crippen LogP contribution in [0.3, 0.4) is 0 Å². The van der Waals surface area contributed by atoms with Crippen LogP contribution in [-0.2, 0) is 33.7 Å². The Labute approximate surface area is 190 Å². The third-order valence-corrected chi connectivity index (χ3v) is 6.16. The Balaban J connectivity index is 1.57. The molecule has 2 aliphatic rings. The maximum atomic E-state index is 13.9. The molecule has 1 atom stereocenters. The SMILES string of the molecule is COC(=O)c1c(OCCc2ccccc2F)cc(=O)n2c1CCN(C(=O)[C@@H]1CCOC1)CC2.